The Morgan fingerprint density at radius 1 is 1.08 bits per heavy atom. The number of methoxy groups -OCH3 is 1. The summed E-state index contributed by atoms with van der Waals surface area (Å²) in [6, 6.07) is 12.9. The van der Waals surface area contributed by atoms with Crippen molar-refractivity contribution in [1.82, 2.24) is 0 Å². The lowest BCUT2D eigenvalue weighted by Gasteiger charge is -2.19. The van der Waals surface area contributed by atoms with Gasteiger partial charge in [-0.15, -0.1) is 0 Å². The molecule has 0 atom stereocenters. The highest BCUT2D eigenvalue weighted by Crippen LogP contribution is 2.24. The third-order valence-corrected chi connectivity index (χ3v) is 4.45. The number of amides is 1. The Hall–Kier alpha value is -2.33. The molecule has 2 aromatic rings. The second-order valence-corrected chi connectivity index (χ2v) is 7.59. The third-order valence-electron chi connectivity index (χ3n) is 4.12. The first-order chi connectivity index (χ1) is 12.2. The molecule has 0 fully saturated rings. The summed E-state index contributed by atoms with van der Waals surface area (Å²) < 4.78 is 4.68. The smallest absolute Gasteiger partial charge is 0.337 e. The van der Waals surface area contributed by atoms with Crippen LogP contribution in [0.25, 0.3) is 0 Å². The van der Waals surface area contributed by atoms with Gasteiger partial charge in [0.15, 0.2) is 0 Å². The van der Waals surface area contributed by atoms with Gasteiger partial charge in [0.1, 0.15) is 0 Å². The van der Waals surface area contributed by atoms with Crippen LogP contribution >= 0.6 is 11.6 Å². The SMILES string of the molecule is COC(=O)c1ccc(Cl)c(NC(=O)CCc2ccc(C(C)(C)C)cc2)c1. The van der Waals surface area contributed by atoms with Crippen LogP contribution in [0.4, 0.5) is 5.69 Å². The fourth-order valence-corrected chi connectivity index (χ4v) is 2.67. The molecule has 1 amide bonds. The van der Waals surface area contributed by atoms with Crippen molar-refractivity contribution in [3.63, 3.8) is 0 Å². The molecule has 2 rings (SSSR count). The van der Waals surface area contributed by atoms with Crippen LogP contribution in [0, 0.1) is 0 Å². The molecule has 0 heterocycles. The number of benzene rings is 2. The predicted molar refractivity (Wildman–Crippen MR) is 105 cm³/mol. The molecule has 2 aromatic carbocycles. The van der Waals surface area contributed by atoms with Gasteiger partial charge in [0.25, 0.3) is 0 Å². The molecular weight excluding hydrogens is 350 g/mol. The molecule has 0 aliphatic rings. The van der Waals surface area contributed by atoms with Crippen LogP contribution in [-0.2, 0) is 21.4 Å². The maximum absolute atomic E-state index is 12.2. The highest BCUT2D eigenvalue weighted by atomic mass is 35.5. The molecule has 26 heavy (non-hydrogen) atoms. The van der Waals surface area contributed by atoms with Crippen LogP contribution in [0.5, 0.6) is 0 Å². The molecule has 0 spiro atoms. The first-order valence-electron chi connectivity index (χ1n) is 8.48. The van der Waals surface area contributed by atoms with E-state index < -0.39 is 5.97 Å². The number of aryl methyl sites for hydroxylation is 1. The van der Waals surface area contributed by atoms with E-state index in [1.807, 2.05) is 0 Å². The summed E-state index contributed by atoms with van der Waals surface area (Å²) in [5, 5.41) is 3.13. The van der Waals surface area contributed by atoms with Crippen LogP contribution in [-0.4, -0.2) is 19.0 Å². The number of carbonyl (C=O) groups is 2. The fraction of sp³-hybridized carbons (Fsp3) is 0.333. The lowest BCUT2D eigenvalue weighted by atomic mass is 9.86. The summed E-state index contributed by atoms with van der Waals surface area (Å²) in [7, 11) is 1.31. The Morgan fingerprint density at radius 3 is 2.31 bits per heavy atom. The topological polar surface area (TPSA) is 55.4 Å². The zero-order valence-electron chi connectivity index (χ0n) is 15.6. The third kappa shape index (κ3) is 5.33. The van der Waals surface area contributed by atoms with Crippen LogP contribution in [0.3, 0.4) is 0 Å². The van der Waals surface area contributed by atoms with Gasteiger partial charge < -0.3 is 10.1 Å². The first kappa shape index (κ1) is 20.0. The van der Waals surface area contributed by atoms with Gasteiger partial charge in [-0.1, -0.05) is 56.6 Å². The predicted octanol–water partition coefficient (Wildman–Crippen LogP) is 5.00. The molecule has 0 saturated carbocycles. The Balaban J connectivity index is 1.98. The molecule has 0 aromatic heterocycles. The van der Waals surface area contributed by atoms with Crippen molar-refractivity contribution in [2.45, 2.75) is 39.0 Å². The zero-order chi connectivity index (χ0) is 19.3. The standard InChI is InChI=1S/C21H24ClNO3/c1-21(2,3)16-9-5-14(6-10-16)7-12-19(24)23-18-13-15(20(25)26-4)8-11-17(18)22/h5-6,8-11,13H,7,12H2,1-4H3,(H,23,24). The highest BCUT2D eigenvalue weighted by Gasteiger charge is 2.14. The maximum atomic E-state index is 12.2. The number of esters is 1. The minimum atomic E-state index is -0.476. The average molecular weight is 374 g/mol. The summed E-state index contributed by atoms with van der Waals surface area (Å²) in [6.45, 7) is 6.50. The number of hydrogen-bond donors (Lipinski definition) is 1. The van der Waals surface area contributed by atoms with Crippen molar-refractivity contribution in [2.24, 2.45) is 0 Å². The minimum absolute atomic E-state index is 0.108. The molecule has 138 valence electrons. The van der Waals surface area contributed by atoms with Gasteiger partial charge in [0.2, 0.25) is 5.91 Å². The van der Waals surface area contributed by atoms with Gasteiger partial charge in [-0.25, -0.2) is 4.79 Å². The van der Waals surface area contributed by atoms with Gasteiger partial charge >= 0.3 is 5.97 Å². The monoisotopic (exact) mass is 373 g/mol. The van der Waals surface area contributed by atoms with Gasteiger partial charge in [0, 0.05) is 6.42 Å². The summed E-state index contributed by atoms with van der Waals surface area (Å²) in [5.74, 6) is -0.634. The van der Waals surface area contributed by atoms with E-state index >= 15 is 0 Å². The van der Waals surface area contributed by atoms with Gasteiger partial charge in [-0.2, -0.15) is 0 Å². The van der Waals surface area contributed by atoms with E-state index in [-0.39, 0.29) is 11.3 Å². The normalized spacial score (nSPS) is 11.1. The Bertz CT molecular complexity index is 792. The molecule has 0 radical (unpaired) electrons. The van der Waals surface area contributed by atoms with E-state index in [1.165, 1.54) is 18.7 Å². The summed E-state index contributed by atoms with van der Waals surface area (Å²) >= 11 is 6.10. The molecule has 0 unspecified atom stereocenters. The van der Waals surface area contributed by atoms with E-state index in [9.17, 15) is 9.59 Å². The largest absolute Gasteiger partial charge is 0.465 e. The van der Waals surface area contributed by atoms with Gasteiger partial charge in [0.05, 0.1) is 23.4 Å². The van der Waals surface area contributed by atoms with Crippen molar-refractivity contribution in [2.75, 3.05) is 12.4 Å². The second-order valence-electron chi connectivity index (χ2n) is 7.18. The average Bonchev–Trinajstić information content (AvgIpc) is 2.60. The van der Waals surface area contributed by atoms with Gasteiger partial charge in [-0.05, 0) is 41.2 Å². The number of nitrogens with one attached hydrogen (secondary N) is 1. The summed E-state index contributed by atoms with van der Waals surface area (Å²) in [5.41, 5.74) is 3.21. The molecule has 0 bridgehead atoms. The van der Waals surface area contributed by atoms with E-state index in [1.54, 1.807) is 12.1 Å². The van der Waals surface area contributed by atoms with E-state index in [2.05, 4.69) is 55.1 Å². The first-order valence-corrected chi connectivity index (χ1v) is 8.85. The lowest BCUT2D eigenvalue weighted by molar-refractivity contribution is -0.116. The van der Waals surface area contributed by atoms with E-state index in [0.29, 0.717) is 29.1 Å². The molecular formula is C21H24ClNO3. The van der Waals surface area contributed by atoms with Crippen molar-refractivity contribution in [1.29, 1.82) is 0 Å². The minimum Gasteiger partial charge on any atom is -0.465 e. The number of carbonyl (C=O) groups excluding carboxylic acids is 2. The van der Waals surface area contributed by atoms with Crippen LogP contribution in [0.15, 0.2) is 42.5 Å². The molecule has 4 nitrogen and oxygen atoms in total. The van der Waals surface area contributed by atoms with Crippen molar-refractivity contribution < 1.29 is 14.3 Å². The molecule has 1 N–H and O–H groups in total. The van der Waals surface area contributed by atoms with E-state index in [0.717, 1.165) is 5.56 Å². The summed E-state index contributed by atoms with van der Waals surface area (Å²) in [6.07, 6.45) is 0.957. The number of halogens is 1. The lowest BCUT2D eigenvalue weighted by Crippen LogP contribution is -2.14. The van der Waals surface area contributed by atoms with Crippen molar-refractivity contribution in [3.8, 4) is 0 Å². The number of hydrogen-bond acceptors (Lipinski definition) is 3. The Kier molecular flexibility index (Phi) is 6.43. The van der Waals surface area contributed by atoms with Crippen molar-refractivity contribution in [3.05, 3.63) is 64.2 Å². The van der Waals surface area contributed by atoms with Gasteiger partial charge in [-0.3, -0.25) is 4.79 Å². The Labute approximate surface area is 159 Å². The van der Waals surface area contributed by atoms with Crippen molar-refractivity contribution >= 4 is 29.2 Å². The van der Waals surface area contributed by atoms with Crippen LogP contribution in [0.1, 0.15) is 48.7 Å². The van der Waals surface area contributed by atoms with Crippen LogP contribution < -0.4 is 5.32 Å². The fourth-order valence-electron chi connectivity index (χ4n) is 2.51. The molecule has 5 heteroatoms. The molecule has 0 aliphatic heterocycles. The highest BCUT2D eigenvalue weighted by molar-refractivity contribution is 6.33. The second kappa shape index (κ2) is 8.37. The van der Waals surface area contributed by atoms with E-state index in [4.69, 9.17) is 11.6 Å². The van der Waals surface area contributed by atoms with Crippen LogP contribution in [0.2, 0.25) is 5.02 Å². The quantitative estimate of drug-likeness (QED) is 0.750. The Morgan fingerprint density at radius 2 is 1.73 bits per heavy atom. The molecule has 0 aliphatic carbocycles. The summed E-state index contributed by atoms with van der Waals surface area (Å²) in [4.78, 5) is 23.8. The number of rotatable bonds is 5. The maximum Gasteiger partial charge on any atom is 0.337 e. The molecule has 0 saturated heterocycles. The zero-order valence-corrected chi connectivity index (χ0v) is 16.3. The number of anilines is 1. The number of ether oxygens (including phenoxy) is 1.